The van der Waals surface area contributed by atoms with E-state index < -0.39 is 15.3 Å². The first kappa shape index (κ1) is 20.7. The van der Waals surface area contributed by atoms with E-state index in [1.54, 1.807) is 48.1 Å². The summed E-state index contributed by atoms with van der Waals surface area (Å²) < 4.78 is 38.9. The Labute approximate surface area is 180 Å². The monoisotopic (exact) mass is 435 g/mol. The van der Waals surface area contributed by atoms with Crippen LogP contribution in [0.4, 0.5) is 0 Å². The number of hydrogen-bond donors (Lipinski definition) is 0. The zero-order chi connectivity index (χ0) is 22.0. The molecule has 1 aromatic heterocycles. The lowest BCUT2D eigenvalue weighted by molar-refractivity contribution is 0.414. The van der Waals surface area contributed by atoms with Gasteiger partial charge in [0.05, 0.1) is 30.0 Å². The van der Waals surface area contributed by atoms with Gasteiger partial charge in [0.25, 0.3) is 0 Å². The van der Waals surface area contributed by atoms with Crippen molar-refractivity contribution in [1.82, 2.24) is 4.57 Å². The second-order valence-corrected chi connectivity index (χ2v) is 8.92. The van der Waals surface area contributed by atoms with Crippen LogP contribution in [0.1, 0.15) is 5.56 Å². The van der Waals surface area contributed by atoms with Crippen molar-refractivity contribution in [3.05, 3.63) is 94.8 Å². The van der Waals surface area contributed by atoms with E-state index in [0.29, 0.717) is 23.6 Å². The summed E-state index contributed by atoms with van der Waals surface area (Å²) in [4.78, 5) is 13.0. The van der Waals surface area contributed by atoms with E-state index in [0.717, 1.165) is 5.56 Å². The Kier molecular flexibility index (Phi) is 5.52. The molecule has 0 atom stereocenters. The minimum Gasteiger partial charge on any atom is -0.497 e. The third-order valence-electron chi connectivity index (χ3n) is 5.08. The largest absolute Gasteiger partial charge is 0.497 e. The predicted molar refractivity (Wildman–Crippen MR) is 119 cm³/mol. The van der Waals surface area contributed by atoms with Crippen molar-refractivity contribution in [2.45, 2.75) is 16.3 Å². The zero-order valence-electron chi connectivity index (χ0n) is 17.1. The predicted octanol–water partition coefficient (Wildman–Crippen LogP) is 3.90. The minimum absolute atomic E-state index is 0.0716. The summed E-state index contributed by atoms with van der Waals surface area (Å²) >= 11 is 0. The highest BCUT2D eigenvalue weighted by Crippen LogP contribution is 2.25. The number of fused-ring (bicyclic) bond motifs is 1. The van der Waals surface area contributed by atoms with Gasteiger partial charge < -0.3 is 14.0 Å². The molecule has 4 rings (SSSR count). The van der Waals surface area contributed by atoms with Crippen LogP contribution in [0.3, 0.4) is 0 Å². The number of pyridine rings is 1. The highest BCUT2D eigenvalue weighted by molar-refractivity contribution is 7.91. The molecule has 0 radical (unpaired) electrons. The van der Waals surface area contributed by atoms with Crippen molar-refractivity contribution in [3.63, 3.8) is 0 Å². The van der Waals surface area contributed by atoms with Crippen LogP contribution >= 0.6 is 0 Å². The highest BCUT2D eigenvalue weighted by atomic mass is 32.2. The quantitative estimate of drug-likeness (QED) is 0.459. The Balaban J connectivity index is 1.97. The van der Waals surface area contributed by atoms with Gasteiger partial charge in [-0.15, -0.1) is 0 Å². The van der Waals surface area contributed by atoms with Crippen LogP contribution in [-0.2, 0) is 16.4 Å². The lowest BCUT2D eigenvalue weighted by Gasteiger charge is -2.15. The molecule has 31 heavy (non-hydrogen) atoms. The molecule has 0 aliphatic carbocycles. The maximum atomic E-state index is 13.3. The highest BCUT2D eigenvalue weighted by Gasteiger charge is 2.24. The molecule has 0 aliphatic rings. The summed E-state index contributed by atoms with van der Waals surface area (Å²) in [7, 11) is -0.919. The number of rotatable bonds is 6. The lowest BCUT2D eigenvalue weighted by atomic mass is 10.1. The zero-order valence-corrected chi connectivity index (χ0v) is 17.9. The molecule has 0 N–H and O–H groups in total. The first-order valence-corrected chi connectivity index (χ1v) is 11.1. The molecule has 0 spiro atoms. The minimum atomic E-state index is -4.01. The fourth-order valence-corrected chi connectivity index (χ4v) is 4.88. The van der Waals surface area contributed by atoms with Crippen molar-refractivity contribution < 1.29 is 17.9 Å². The summed E-state index contributed by atoms with van der Waals surface area (Å²) in [6.45, 7) is 0.359. The van der Waals surface area contributed by atoms with Gasteiger partial charge in [0, 0.05) is 12.7 Å². The SMILES string of the molecule is COc1cccc(Cn2cc(S(=O)(=O)c3ccccc3)c(=O)c3cc(OC)ccc32)c1. The van der Waals surface area contributed by atoms with Crippen molar-refractivity contribution in [2.24, 2.45) is 0 Å². The average Bonchev–Trinajstić information content (AvgIpc) is 2.81. The van der Waals surface area contributed by atoms with E-state index in [1.807, 2.05) is 24.3 Å². The first-order valence-electron chi connectivity index (χ1n) is 9.58. The average molecular weight is 436 g/mol. The number of sulfone groups is 1. The van der Waals surface area contributed by atoms with Crippen LogP contribution in [0.25, 0.3) is 10.9 Å². The summed E-state index contributed by atoms with van der Waals surface area (Å²) in [6, 6.07) is 20.5. The van der Waals surface area contributed by atoms with E-state index in [4.69, 9.17) is 9.47 Å². The second-order valence-electron chi connectivity index (χ2n) is 7.00. The topological polar surface area (TPSA) is 74.6 Å². The summed E-state index contributed by atoms with van der Waals surface area (Å²) in [5, 5.41) is 0.277. The fourth-order valence-electron chi connectivity index (χ4n) is 3.49. The van der Waals surface area contributed by atoms with Gasteiger partial charge in [0.2, 0.25) is 15.3 Å². The molecule has 158 valence electrons. The van der Waals surface area contributed by atoms with Crippen molar-refractivity contribution >= 4 is 20.7 Å². The van der Waals surface area contributed by atoms with Gasteiger partial charge in [-0.2, -0.15) is 0 Å². The van der Waals surface area contributed by atoms with Gasteiger partial charge in [0.1, 0.15) is 16.4 Å². The van der Waals surface area contributed by atoms with E-state index in [9.17, 15) is 13.2 Å². The molecule has 0 amide bonds. The molecule has 0 saturated heterocycles. The standard InChI is InChI=1S/C24H21NO5S/c1-29-18-8-6-7-17(13-18)15-25-16-23(31(27,28)20-9-4-3-5-10-20)24(26)21-14-19(30-2)11-12-22(21)25/h3-14,16H,15H2,1-2H3. The second kappa shape index (κ2) is 8.28. The smallest absolute Gasteiger partial charge is 0.211 e. The van der Waals surface area contributed by atoms with E-state index in [1.165, 1.54) is 25.4 Å². The van der Waals surface area contributed by atoms with E-state index in [-0.39, 0.29) is 15.2 Å². The lowest BCUT2D eigenvalue weighted by Crippen LogP contribution is -2.19. The molecule has 4 aromatic rings. The molecule has 0 saturated carbocycles. The molecule has 6 nitrogen and oxygen atoms in total. The van der Waals surface area contributed by atoms with Gasteiger partial charge in [-0.05, 0) is 48.0 Å². The summed E-state index contributed by atoms with van der Waals surface area (Å²) in [5.41, 5.74) is 0.962. The Hall–Kier alpha value is -3.58. The number of hydrogen-bond acceptors (Lipinski definition) is 5. The Morgan fingerprint density at radius 2 is 1.55 bits per heavy atom. The Morgan fingerprint density at radius 1 is 0.839 bits per heavy atom. The number of benzene rings is 3. The maximum Gasteiger partial charge on any atom is 0.211 e. The Bertz CT molecular complexity index is 1410. The van der Waals surface area contributed by atoms with Crippen LogP contribution < -0.4 is 14.9 Å². The molecule has 0 unspecified atom stereocenters. The number of nitrogens with zero attached hydrogens (tertiary/aromatic N) is 1. The molecule has 0 bridgehead atoms. The third kappa shape index (κ3) is 3.92. The summed E-state index contributed by atoms with van der Waals surface area (Å²) in [5.74, 6) is 1.17. The molecular formula is C24H21NO5S. The van der Waals surface area contributed by atoms with Crippen LogP contribution in [0.5, 0.6) is 11.5 Å². The van der Waals surface area contributed by atoms with Gasteiger partial charge in [-0.3, -0.25) is 4.79 Å². The molecule has 0 fully saturated rings. The number of aromatic nitrogens is 1. The van der Waals surface area contributed by atoms with Gasteiger partial charge in [-0.25, -0.2) is 8.42 Å². The fraction of sp³-hybridized carbons (Fsp3) is 0.125. The van der Waals surface area contributed by atoms with E-state index >= 15 is 0 Å². The third-order valence-corrected chi connectivity index (χ3v) is 6.85. The first-order chi connectivity index (χ1) is 14.9. The van der Waals surface area contributed by atoms with Gasteiger partial charge >= 0.3 is 0 Å². The molecule has 3 aromatic carbocycles. The maximum absolute atomic E-state index is 13.3. The van der Waals surface area contributed by atoms with Crippen LogP contribution in [0, 0.1) is 0 Å². The van der Waals surface area contributed by atoms with E-state index in [2.05, 4.69) is 0 Å². The Morgan fingerprint density at radius 3 is 2.26 bits per heavy atom. The van der Waals surface area contributed by atoms with Crippen molar-refractivity contribution in [1.29, 1.82) is 0 Å². The van der Waals surface area contributed by atoms with Crippen LogP contribution in [0.2, 0.25) is 0 Å². The molecule has 0 aliphatic heterocycles. The van der Waals surface area contributed by atoms with Gasteiger partial charge in [0.15, 0.2) is 0 Å². The molecular weight excluding hydrogens is 414 g/mol. The number of ether oxygens (including phenoxy) is 2. The van der Waals surface area contributed by atoms with Crippen molar-refractivity contribution in [2.75, 3.05) is 14.2 Å². The van der Waals surface area contributed by atoms with Crippen LogP contribution in [0.15, 0.2) is 93.6 Å². The number of methoxy groups -OCH3 is 2. The normalized spacial score (nSPS) is 11.4. The van der Waals surface area contributed by atoms with Gasteiger partial charge in [-0.1, -0.05) is 30.3 Å². The van der Waals surface area contributed by atoms with Crippen LogP contribution in [-0.4, -0.2) is 27.2 Å². The molecule has 7 heteroatoms. The molecule has 1 heterocycles. The van der Waals surface area contributed by atoms with Crippen molar-refractivity contribution in [3.8, 4) is 11.5 Å². The summed E-state index contributed by atoms with van der Waals surface area (Å²) in [6.07, 6.45) is 1.42.